The van der Waals surface area contributed by atoms with Crippen molar-refractivity contribution >= 4 is 27.6 Å². The number of benzene rings is 3. The largest absolute Gasteiger partial charge is 0.322 e. The van der Waals surface area contributed by atoms with Gasteiger partial charge in [0.05, 0.1) is 4.90 Å². The van der Waals surface area contributed by atoms with E-state index in [0.29, 0.717) is 11.3 Å². The van der Waals surface area contributed by atoms with Crippen LogP contribution >= 0.6 is 0 Å². The number of rotatable bonds is 6. The summed E-state index contributed by atoms with van der Waals surface area (Å²) in [7, 11) is -3.83. The maximum Gasteiger partial charge on any atom is 0.264 e. The van der Waals surface area contributed by atoms with E-state index >= 15 is 0 Å². The number of hydrogen-bond donors (Lipinski definition) is 2. The summed E-state index contributed by atoms with van der Waals surface area (Å²) in [6.45, 7) is 0. The Hall–Kier alpha value is -4.04. The lowest BCUT2D eigenvalue weighted by molar-refractivity contribution is 0.102. The van der Waals surface area contributed by atoms with Gasteiger partial charge in [0.25, 0.3) is 15.9 Å². The molecular formula is C23H18N4O3S. The summed E-state index contributed by atoms with van der Waals surface area (Å²) in [5.41, 5.74) is 3.06. The number of hydrogen-bond acceptors (Lipinski definition) is 5. The number of carbonyl (C=O) groups is 1. The smallest absolute Gasteiger partial charge is 0.264 e. The molecule has 1 heterocycles. The SMILES string of the molecule is O=C(Nc1ccc(S(=O)(=O)Nc2ncccn2)cc1)c1ccc(-c2ccccc2)cc1. The molecule has 0 bridgehead atoms. The topological polar surface area (TPSA) is 101 Å². The predicted molar refractivity (Wildman–Crippen MR) is 119 cm³/mol. The van der Waals surface area contributed by atoms with Crippen molar-refractivity contribution in [2.45, 2.75) is 4.90 Å². The van der Waals surface area contributed by atoms with Gasteiger partial charge in [-0.05, 0) is 53.6 Å². The molecule has 4 rings (SSSR count). The van der Waals surface area contributed by atoms with Gasteiger partial charge < -0.3 is 5.32 Å². The van der Waals surface area contributed by atoms with Crippen LogP contribution in [0.5, 0.6) is 0 Å². The molecule has 3 aromatic carbocycles. The van der Waals surface area contributed by atoms with Gasteiger partial charge in [-0.3, -0.25) is 4.79 Å². The van der Waals surface area contributed by atoms with Crippen LogP contribution in [0.2, 0.25) is 0 Å². The molecular weight excluding hydrogens is 412 g/mol. The second kappa shape index (κ2) is 8.76. The molecule has 0 aliphatic carbocycles. The maximum atomic E-state index is 12.5. The molecule has 2 N–H and O–H groups in total. The van der Waals surface area contributed by atoms with Crippen molar-refractivity contribution in [2.24, 2.45) is 0 Å². The minimum Gasteiger partial charge on any atom is -0.322 e. The highest BCUT2D eigenvalue weighted by Crippen LogP contribution is 2.20. The third-order valence-corrected chi connectivity index (χ3v) is 5.81. The van der Waals surface area contributed by atoms with E-state index in [1.54, 1.807) is 18.2 Å². The Kier molecular flexibility index (Phi) is 5.72. The van der Waals surface area contributed by atoms with E-state index in [9.17, 15) is 13.2 Å². The minimum absolute atomic E-state index is 0.0150. The molecule has 154 valence electrons. The monoisotopic (exact) mass is 430 g/mol. The third-order valence-electron chi connectivity index (χ3n) is 4.47. The van der Waals surface area contributed by atoms with Gasteiger partial charge in [-0.15, -0.1) is 0 Å². The van der Waals surface area contributed by atoms with Gasteiger partial charge in [-0.2, -0.15) is 0 Å². The van der Waals surface area contributed by atoms with Crippen molar-refractivity contribution in [3.63, 3.8) is 0 Å². The lowest BCUT2D eigenvalue weighted by atomic mass is 10.0. The molecule has 0 aliphatic rings. The zero-order valence-corrected chi connectivity index (χ0v) is 17.1. The summed E-state index contributed by atoms with van der Waals surface area (Å²) in [5, 5.41) is 2.77. The fraction of sp³-hybridized carbons (Fsp3) is 0. The lowest BCUT2D eigenvalue weighted by Gasteiger charge is -2.09. The van der Waals surface area contributed by atoms with Gasteiger partial charge in [0.1, 0.15) is 0 Å². The molecule has 1 aromatic heterocycles. The molecule has 31 heavy (non-hydrogen) atoms. The summed E-state index contributed by atoms with van der Waals surface area (Å²) >= 11 is 0. The van der Waals surface area contributed by atoms with E-state index < -0.39 is 10.0 Å². The molecule has 7 nitrogen and oxygen atoms in total. The number of nitrogens with zero attached hydrogens (tertiary/aromatic N) is 2. The molecule has 0 saturated carbocycles. The second-order valence-corrected chi connectivity index (χ2v) is 8.28. The second-order valence-electron chi connectivity index (χ2n) is 6.60. The number of sulfonamides is 1. The Morgan fingerprint density at radius 1 is 0.710 bits per heavy atom. The summed E-state index contributed by atoms with van der Waals surface area (Å²) in [4.78, 5) is 20.3. The van der Waals surface area contributed by atoms with E-state index in [2.05, 4.69) is 20.0 Å². The summed E-state index contributed by atoms with van der Waals surface area (Å²) in [6, 6.07) is 24.6. The Balaban J connectivity index is 1.43. The van der Waals surface area contributed by atoms with Crippen molar-refractivity contribution < 1.29 is 13.2 Å². The molecule has 0 fully saturated rings. The van der Waals surface area contributed by atoms with Crippen LogP contribution in [0.4, 0.5) is 11.6 Å². The molecule has 0 saturated heterocycles. The molecule has 4 aromatic rings. The minimum atomic E-state index is -3.83. The first-order chi connectivity index (χ1) is 15.0. The number of amides is 1. The van der Waals surface area contributed by atoms with Crippen molar-refractivity contribution in [3.8, 4) is 11.1 Å². The van der Waals surface area contributed by atoms with Crippen LogP contribution in [-0.4, -0.2) is 24.3 Å². The van der Waals surface area contributed by atoms with Crippen molar-refractivity contribution in [1.29, 1.82) is 0 Å². The van der Waals surface area contributed by atoms with E-state index in [-0.39, 0.29) is 16.8 Å². The van der Waals surface area contributed by atoms with E-state index in [4.69, 9.17) is 0 Å². The number of nitrogens with one attached hydrogen (secondary N) is 2. The Bertz CT molecular complexity index is 1280. The number of aromatic nitrogens is 2. The number of carbonyl (C=O) groups excluding carboxylic acids is 1. The maximum absolute atomic E-state index is 12.5. The number of anilines is 2. The Morgan fingerprint density at radius 2 is 1.32 bits per heavy atom. The molecule has 0 spiro atoms. The van der Waals surface area contributed by atoms with E-state index in [1.807, 2.05) is 42.5 Å². The Labute approximate surface area is 179 Å². The molecule has 0 unspecified atom stereocenters. The first-order valence-corrected chi connectivity index (χ1v) is 10.9. The van der Waals surface area contributed by atoms with Gasteiger partial charge >= 0.3 is 0 Å². The van der Waals surface area contributed by atoms with E-state index in [1.165, 1.54) is 36.7 Å². The standard InChI is InChI=1S/C23H18N4O3S/c28-22(19-9-7-18(8-10-19)17-5-2-1-3-6-17)26-20-11-13-21(14-12-20)31(29,30)27-23-24-15-4-16-25-23/h1-16H,(H,26,28)(H,24,25,27). The molecule has 0 aliphatic heterocycles. The van der Waals surface area contributed by atoms with Crippen LogP contribution in [-0.2, 0) is 10.0 Å². The normalized spacial score (nSPS) is 11.0. The van der Waals surface area contributed by atoms with Crippen LogP contribution in [0.25, 0.3) is 11.1 Å². The van der Waals surface area contributed by atoms with Crippen LogP contribution in [0, 0.1) is 0 Å². The summed E-state index contributed by atoms with van der Waals surface area (Å²) < 4.78 is 27.2. The lowest BCUT2D eigenvalue weighted by Crippen LogP contribution is -2.15. The fourth-order valence-corrected chi connectivity index (χ4v) is 3.85. The fourth-order valence-electron chi connectivity index (χ4n) is 2.90. The zero-order chi connectivity index (χ0) is 21.7. The van der Waals surface area contributed by atoms with Crippen LogP contribution in [0.15, 0.2) is 102 Å². The van der Waals surface area contributed by atoms with Crippen LogP contribution < -0.4 is 10.0 Å². The van der Waals surface area contributed by atoms with Gasteiger partial charge in [-0.1, -0.05) is 42.5 Å². The quantitative estimate of drug-likeness (QED) is 0.477. The van der Waals surface area contributed by atoms with Gasteiger partial charge in [0, 0.05) is 23.6 Å². The van der Waals surface area contributed by atoms with Crippen molar-refractivity contribution in [3.05, 3.63) is 103 Å². The van der Waals surface area contributed by atoms with Crippen LogP contribution in [0.3, 0.4) is 0 Å². The van der Waals surface area contributed by atoms with E-state index in [0.717, 1.165) is 11.1 Å². The average Bonchev–Trinajstić information content (AvgIpc) is 2.80. The van der Waals surface area contributed by atoms with Crippen LogP contribution in [0.1, 0.15) is 10.4 Å². The highest BCUT2D eigenvalue weighted by molar-refractivity contribution is 7.92. The first-order valence-electron chi connectivity index (χ1n) is 9.38. The third kappa shape index (κ3) is 4.93. The zero-order valence-electron chi connectivity index (χ0n) is 16.3. The predicted octanol–water partition coefficient (Wildman–Crippen LogP) is 4.20. The highest BCUT2D eigenvalue weighted by Gasteiger charge is 2.15. The molecule has 0 radical (unpaired) electrons. The summed E-state index contributed by atoms with van der Waals surface area (Å²) in [5.74, 6) is -0.301. The van der Waals surface area contributed by atoms with Crippen molar-refractivity contribution in [2.75, 3.05) is 10.0 Å². The average molecular weight is 430 g/mol. The molecule has 1 amide bonds. The molecule has 0 atom stereocenters. The van der Waals surface area contributed by atoms with Gasteiger partial charge in [0.2, 0.25) is 5.95 Å². The van der Waals surface area contributed by atoms with Gasteiger partial charge in [0.15, 0.2) is 0 Å². The highest BCUT2D eigenvalue weighted by atomic mass is 32.2. The Morgan fingerprint density at radius 3 is 1.97 bits per heavy atom. The van der Waals surface area contributed by atoms with Crippen molar-refractivity contribution in [1.82, 2.24) is 9.97 Å². The first kappa shape index (κ1) is 20.2. The van der Waals surface area contributed by atoms with Gasteiger partial charge in [-0.25, -0.2) is 23.1 Å². The molecule has 8 heteroatoms. The summed E-state index contributed by atoms with van der Waals surface area (Å²) in [6.07, 6.45) is 2.88.